The van der Waals surface area contributed by atoms with E-state index in [9.17, 15) is 4.39 Å². The molecule has 0 aliphatic carbocycles. The molecular weight excluding hydrogens is 339 g/mol. The Balaban J connectivity index is 1.86. The molecule has 146 valence electrons. The summed E-state index contributed by atoms with van der Waals surface area (Å²) in [5, 5.41) is 6.70. The lowest BCUT2D eigenvalue weighted by Gasteiger charge is -2.23. The van der Waals surface area contributed by atoms with E-state index in [1.807, 2.05) is 12.1 Å². The molecule has 0 aromatic heterocycles. The fourth-order valence-electron chi connectivity index (χ4n) is 2.71. The number of halogens is 1. The fourth-order valence-corrected chi connectivity index (χ4v) is 2.71. The second kappa shape index (κ2) is 10.7. The van der Waals surface area contributed by atoms with Crippen molar-refractivity contribution in [2.24, 2.45) is 4.99 Å². The van der Waals surface area contributed by atoms with Crippen LogP contribution >= 0.6 is 0 Å². The summed E-state index contributed by atoms with van der Waals surface area (Å²) in [6, 6.07) is 15.6. The fraction of sp³-hybridized carbons (Fsp3) is 0.409. The van der Waals surface area contributed by atoms with E-state index >= 15 is 0 Å². The lowest BCUT2D eigenvalue weighted by molar-refractivity contribution is 0.265. The van der Waals surface area contributed by atoms with Gasteiger partial charge in [0.05, 0.1) is 0 Å². The van der Waals surface area contributed by atoms with Crippen LogP contribution in [0, 0.1) is 5.82 Å². The summed E-state index contributed by atoms with van der Waals surface area (Å²) in [5.74, 6) is 0.565. The molecule has 0 saturated heterocycles. The normalized spacial score (nSPS) is 11.9. The molecule has 0 heterocycles. The van der Waals surface area contributed by atoms with Crippen LogP contribution in [0.2, 0.25) is 0 Å². The minimum absolute atomic E-state index is 0.203. The van der Waals surface area contributed by atoms with E-state index < -0.39 is 0 Å². The molecule has 4 nitrogen and oxygen atoms in total. The molecule has 5 heteroatoms. The zero-order valence-corrected chi connectivity index (χ0v) is 16.8. The van der Waals surface area contributed by atoms with Gasteiger partial charge in [0.2, 0.25) is 0 Å². The Bertz CT molecular complexity index is 725. The van der Waals surface area contributed by atoms with Gasteiger partial charge in [-0.25, -0.2) is 4.39 Å². The first-order valence-corrected chi connectivity index (χ1v) is 9.45. The summed E-state index contributed by atoms with van der Waals surface area (Å²) in [7, 11) is 3.91. The third-order valence-electron chi connectivity index (χ3n) is 4.71. The molecule has 0 fully saturated rings. The van der Waals surface area contributed by atoms with Gasteiger partial charge in [-0.3, -0.25) is 9.89 Å². The highest BCUT2D eigenvalue weighted by atomic mass is 19.1. The van der Waals surface area contributed by atoms with Crippen molar-refractivity contribution in [3.63, 3.8) is 0 Å². The Morgan fingerprint density at radius 2 is 1.70 bits per heavy atom. The van der Waals surface area contributed by atoms with Crippen LogP contribution < -0.4 is 10.6 Å². The Kier molecular flexibility index (Phi) is 8.27. The predicted octanol–water partition coefficient (Wildman–Crippen LogP) is 3.57. The van der Waals surface area contributed by atoms with Crippen LogP contribution in [0.3, 0.4) is 0 Å². The van der Waals surface area contributed by atoms with E-state index in [1.165, 1.54) is 23.3 Å². The number of hydrogen-bond donors (Lipinski definition) is 2. The van der Waals surface area contributed by atoms with Gasteiger partial charge < -0.3 is 10.6 Å². The second-order valence-electron chi connectivity index (χ2n) is 7.01. The summed E-state index contributed by atoms with van der Waals surface area (Å²) < 4.78 is 13.0. The molecule has 0 aliphatic heterocycles. The van der Waals surface area contributed by atoms with Gasteiger partial charge in [-0.2, -0.15) is 0 Å². The molecule has 0 amide bonds. The second-order valence-corrected chi connectivity index (χ2v) is 7.01. The first-order chi connectivity index (χ1) is 13.0. The number of nitrogens with one attached hydrogen (secondary N) is 2. The van der Waals surface area contributed by atoms with Crippen LogP contribution in [-0.2, 0) is 19.5 Å². The highest BCUT2D eigenvalue weighted by Crippen LogP contribution is 2.12. The Hall–Kier alpha value is -2.40. The molecule has 2 aromatic carbocycles. The van der Waals surface area contributed by atoms with Crippen molar-refractivity contribution in [1.82, 2.24) is 15.5 Å². The van der Waals surface area contributed by atoms with Crippen molar-refractivity contribution >= 4 is 5.96 Å². The maximum atomic E-state index is 13.0. The third-order valence-corrected chi connectivity index (χ3v) is 4.71. The highest BCUT2D eigenvalue weighted by Gasteiger charge is 2.08. The minimum atomic E-state index is -0.203. The highest BCUT2D eigenvalue weighted by molar-refractivity contribution is 5.79. The predicted molar refractivity (Wildman–Crippen MR) is 111 cm³/mol. The molecule has 0 aliphatic rings. The van der Waals surface area contributed by atoms with Gasteiger partial charge >= 0.3 is 0 Å². The number of benzene rings is 2. The van der Waals surface area contributed by atoms with Crippen LogP contribution in [0.4, 0.5) is 4.39 Å². The van der Waals surface area contributed by atoms with E-state index in [2.05, 4.69) is 65.7 Å². The van der Waals surface area contributed by atoms with Gasteiger partial charge in [-0.1, -0.05) is 36.4 Å². The summed E-state index contributed by atoms with van der Waals surface area (Å²) in [6.45, 7) is 6.79. The number of aliphatic imine (C=N–C) groups is 1. The van der Waals surface area contributed by atoms with E-state index in [0.717, 1.165) is 37.6 Å². The number of nitrogens with zero attached hydrogens (tertiary/aromatic N) is 2. The summed E-state index contributed by atoms with van der Waals surface area (Å²) in [5.41, 5.74) is 3.69. The average molecular weight is 371 g/mol. The molecule has 0 atom stereocenters. The molecule has 0 radical (unpaired) electrons. The summed E-state index contributed by atoms with van der Waals surface area (Å²) >= 11 is 0. The van der Waals surface area contributed by atoms with Gasteiger partial charge in [0, 0.05) is 32.7 Å². The van der Waals surface area contributed by atoms with Gasteiger partial charge in [0.25, 0.3) is 0 Å². The van der Waals surface area contributed by atoms with Gasteiger partial charge in [-0.15, -0.1) is 0 Å². The summed E-state index contributed by atoms with van der Waals surface area (Å²) in [4.78, 5) is 6.62. The first-order valence-electron chi connectivity index (χ1n) is 9.45. The molecular formula is C22H31FN4. The number of guanidine groups is 1. The van der Waals surface area contributed by atoms with Crippen molar-refractivity contribution in [1.29, 1.82) is 0 Å². The van der Waals surface area contributed by atoms with Gasteiger partial charge in [-0.05, 0) is 56.1 Å². The maximum absolute atomic E-state index is 13.0. The van der Waals surface area contributed by atoms with Gasteiger partial charge in [0.1, 0.15) is 5.82 Å². The standard InChI is InChI=1S/C22H31FN4/c1-17(2)27(4)16-20-8-6-5-7-19(20)15-26-22(24-3)25-14-13-18-9-11-21(23)12-10-18/h5-12,17H,13-16H2,1-4H3,(H2,24,25,26). The molecule has 2 N–H and O–H groups in total. The minimum Gasteiger partial charge on any atom is -0.356 e. The van der Waals surface area contributed by atoms with Crippen LogP contribution in [0.25, 0.3) is 0 Å². The van der Waals surface area contributed by atoms with Crippen molar-refractivity contribution < 1.29 is 4.39 Å². The van der Waals surface area contributed by atoms with Crippen LogP contribution in [0.5, 0.6) is 0 Å². The van der Waals surface area contributed by atoms with Gasteiger partial charge in [0.15, 0.2) is 5.96 Å². The summed E-state index contributed by atoms with van der Waals surface area (Å²) in [6.07, 6.45) is 0.816. The zero-order valence-electron chi connectivity index (χ0n) is 16.8. The van der Waals surface area contributed by atoms with E-state index in [4.69, 9.17) is 0 Å². The van der Waals surface area contributed by atoms with E-state index in [1.54, 1.807) is 7.05 Å². The quantitative estimate of drug-likeness (QED) is 0.551. The first kappa shape index (κ1) is 20.9. The number of rotatable bonds is 8. The molecule has 0 bridgehead atoms. The Morgan fingerprint density at radius 1 is 1.04 bits per heavy atom. The SMILES string of the molecule is CN=C(NCCc1ccc(F)cc1)NCc1ccccc1CN(C)C(C)C. The number of hydrogen-bond acceptors (Lipinski definition) is 2. The topological polar surface area (TPSA) is 39.7 Å². The van der Waals surface area contributed by atoms with Crippen molar-refractivity contribution in [2.45, 2.75) is 39.4 Å². The van der Waals surface area contributed by atoms with E-state index in [0.29, 0.717) is 6.04 Å². The van der Waals surface area contributed by atoms with Crippen LogP contribution in [0.1, 0.15) is 30.5 Å². The lowest BCUT2D eigenvalue weighted by Crippen LogP contribution is -2.38. The van der Waals surface area contributed by atoms with Crippen LogP contribution in [-0.4, -0.2) is 37.5 Å². The average Bonchev–Trinajstić information content (AvgIpc) is 2.67. The van der Waals surface area contributed by atoms with E-state index in [-0.39, 0.29) is 5.82 Å². The molecule has 27 heavy (non-hydrogen) atoms. The molecule has 0 saturated carbocycles. The zero-order chi connectivity index (χ0) is 19.6. The Labute approximate surface area is 162 Å². The van der Waals surface area contributed by atoms with Crippen LogP contribution in [0.15, 0.2) is 53.5 Å². The molecule has 0 spiro atoms. The third kappa shape index (κ3) is 7.02. The smallest absolute Gasteiger partial charge is 0.191 e. The largest absolute Gasteiger partial charge is 0.356 e. The lowest BCUT2D eigenvalue weighted by atomic mass is 10.1. The Morgan fingerprint density at radius 3 is 2.33 bits per heavy atom. The van der Waals surface area contributed by atoms with Crippen molar-refractivity contribution in [2.75, 3.05) is 20.6 Å². The maximum Gasteiger partial charge on any atom is 0.191 e. The molecule has 2 rings (SSSR count). The van der Waals surface area contributed by atoms with Crippen molar-refractivity contribution in [3.8, 4) is 0 Å². The van der Waals surface area contributed by atoms with Crippen molar-refractivity contribution in [3.05, 3.63) is 71.0 Å². The molecule has 2 aromatic rings. The monoisotopic (exact) mass is 370 g/mol. The molecule has 0 unspecified atom stereocenters.